The minimum atomic E-state index is 0.657. The second kappa shape index (κ2) is 8.13. The topological polar surface area (TPSA) is 41.8 Å². The Balaban J connectivity index is 0.000000956. The van der Waals surface area contributed by atoms with Crippen LogP contribution in [0.25, 0.3) is 10.9 Å². The Hall–Kier alpha value is -1.25. The predicted octanol–water partition coefficient (Wildman–Crippen LogP) is 4.86. The van der Waals surface area contributed by atoms with E-state index in [2.05, 4.69) is 31.0 Å². The minimum absolute atomic E-state index is 0.657. The van der Waals surface area contributed by atoms with Gasteiger partial charge in [-0.1, -0.05) is 37.1 Å². The van der Waals surface area contributed by atoms with Gasteiger partial charge in [0.05, 0.1) is 0 Å². The van der Waals surface area contributed by atoms with Gasteiger partial charge in [0.25, 0.3) is 0 Å². The molecule has 0 saturated carbocycles. The number of benzene rings is 1. The van der Waals surface area contributed by atoms with E-state index in [1.807, 2.05) is 26.1 Å². The molecule has 0 unspecified atom stereocenters. The van der Waals surface area contributed by atoms with Crippen molar-refractivity contribution in [2.75, 3.05) is 6.54 Å². The molecule has 0 spiro atoms. The highest BCUT2D eigenvalue weighted by Gasteiger charge is 2.07. The third-order valence-corrected chi connectivity index (χ3v) is 3.43. The van der Waals surface area contributed by atoms with Crippen molar-refractivity contribution in [1.82, 2.24) is 4.98 Å². The van der Waals surface area contributed by atoms with Crippen LogP contribution in [0.4, 0.5) is 0 Å². The van der Waals surface area contributed by atoms with Gasteiger partial charge in [-0.2, -0.15) is 0 Å². The Kier molecular flexibility index (Phi) is 6.83. The number of aromatic nitrogens is 1. The van der Waals surface area contributed by atoms with Gasteiger partial charge in [-0.05, 0) is 56.5 Å². The Bertz CT molecular complexity index is 578. The number of aromatic amines is 1. The lowest BCUT2D eigenvalue weighted by atomic mass is 10.1. The minimum Gasteiger partial charge on any atom is -0.361 e. The van der Waals surface area contributed by atoms with Crippen molar-refractivity contribution < 1.29 is 0 Å². The van der Waals surface area contributed by atoms with Crippen molar-refractivity contribution >= 4 is 22.5 Å². The number of hydrogen-bond acceptors (Lipinski definition) is 1. The van der Waals surface area contributed by atoms with E-state index in [1.165, 1.54) is 16.5 Å². The molecule has 0 atom stereocenters. The Morgan fingerprint density at radius 2 is 1.95 bits per heavy atom. The molecule has 3 heteroatoms. The second-order valence-corrected chi connectivity index (χ2v) is 5.23. The maximum atomic E-state index is 6.34. The molecule has 0 fully saturated rings. The first-order chi connectivity index (χ1) is 9.61. The molecular weight excluding hydrogens is 268 g/mol. The largest absolute Gasteiger partial charge is 0.361 e. The van der Waals surface area contributed by atoms with Gasteiger partial charge in [0, 0.05) is 22.1 Å². The Labute approximate surface area is 127 Å². The van der Waals surface area contributed by atoms with Crippen molar-refractivity contribution in [3.63, 3.8) is 0 Å². The van der Waals surface area contributed by atoms with Crippen LogP contribution in [0.3, 0.4) is 0 Å². The normalized spacial score (nSPS) is 10.1. The zero-order valence-corrected chi connectivity index (χ0v) is 13.6. The average Bonchev–Trinajstić information content (AvgIpc) is 2.81. The van der Waals surface area contributed by atoms with E-state index in [-0.39, 0.29) is 0 Å². The molecule has 1 heterocycles. The number of hydrogen-bond donors (Lipinski definition) is 2. The van der Waals surface area contributed by atoms with Gasteiger partial charge >= 0.3 is 0 Å². The molecule has 0 amide bonds. The van der Waals surface area contributed by atoms with E-state index in [9.17, 15) is 0 Å². The van der Waals surface area contributed by atoms with Crippen LogP contribution in [0.1, 0.15) is 38.8 Å². The molecule has 2 aromatic rings. The molecule has 1 aromatic carbocycles. The lowest BCUT2D eigenvalue weighted by Gasteiger charge is -2.04. The summed E-state index contributed by atoms with van der Waals surface area (Å²) in [6.07, 6.45) is 5.97. The monoisotopic (exact) mass is 292 g/mol. The quantitative estimate of drug-likeness (QED) is 0.777. The van der Waals surface area contributed by atoms with Gasteiger partial charge in [0.15, 0.2) is 0 Å². The van der Waals surface area contributed by atoms with Crippen molar-refractivity contribution in [2.45, 2.75) is 40.5 Å². The number of nitrogens with one attached hydrogen (secondary N) is 1. The van der Waals surface area contributed by atoms with Crippen LogP contribution in [0.2, 0.25) is 5.02 Å². The van der Waals surface area contributed by atoms with Crippen LogP contribution < -0.4 is 5.73 Å². The zero-order chi connectivity index (χ0) is 15.1. The highest BCUT2D eigenvalue weighted by Crippen LogP contribution is 2.27. The fourth-order valence-electron chi connectivity index (χ4n) is 2.08. The third kappa shape index (κ3) is 4.12. The van der Waals surface area contributed by atoms with Crippen LogP contribution in [0.5, 0.6) is 0 Å². The maximum Gasteiger partial charge on any atom is 0.0460 e. The summed E-state index contributed by atoms with van der Waals surface area (Å²) in [4.78, 5) is 3.29. The maximum absolute atomic E-state index is 6.34. The number of fused-ring (bicyclic) bond motifs is 1. The standard InChI is InChI=1S/C15H19ClN2.C2H6/c1-10(2)3-4-11-7-15-13(8-14(11)16)12(5-6-17)9-18-15;1-2/h3,7-9,18H,4-6,17H2,1-2H3;1-2H3. The van der Waals surface area contributed by atoms with Crippen LogP contribution in [-0.4, -0.2) is 11.5 Å². The summed E-state index contributed by atoms with van der Waals surface area (Å²) >= 11 is 6.34. The number of H-pyrrole nitrogens is 1. The molecule has 3 N–H and O–H groups in total. The SMILES string of the molecule is CC.CC(C)=CCc1cc2[nH]cc(CCN)c2cc1Cl. The average molecular weight is 293 g/mol. The van der Waals surface area contributed by atoms with Crippen molar-refractivity contribution in [2.24, 2.45) is 5.73 Å². The van der Waals surface area contributed by atoms with Crippen molar-refractivity contribution in [1.29, 1.82) is 0 Å². The van der Waals surface area contributed by atoms with E-state index in [4.69, 9.17) is 17.3 Å². The third-order valence-electron chi connectivity index (χ3n) is 3.08. The molecule has 0 aliphatic rings. The van der Waals surface area contributed by atoms with E-state index in [0.717, 1.165) is 28.9 Å². The van der Waals surface area contributed by atoms with Gasteiger partial charge in [-0.3, -0.25) is 0 Å². The van der Waals surface area contributed by atoms with E-state index < -0.39 is 0 Å². The lowest BCUT2D eigenvalue weighted by molar-refractivity contribution is 0.976. The Morgan fingerprint density at radius 3 is 2.55 bits per heavy atom. The summed E-state index contributed by atoms with van der Waals surface area (Å²) in [5.74, 6) is 0. The van der Waals surface area contributed by atoms with Gasteiger partial charge in [0.2, 0.25) is 0 Å². The first-order valence-corrected chi connectivity index (χ1v) is 7.61. The highest BCUT2D eigenvalue weighted by molar-refractivity contribution is 6.32. The number of halogens is 1. The molecule has 0 aliphatic carbocycles. The summed E-state index contributed by atoms with van der Waals surface area (Å²) in [7, 11) is 0. The molecule has 20 heavy (non-hydrogen) atoms. The van der Waals surface area contributed by atoms with Gasteiger partial charge in [0.1, 0.15) is 0 Å². The Morgan fingerprint density at radius 1 is 1.25 bits per heavy atom. The number of nitrogens with two attached hydrogens (primary N) is 1. The van der Waals surface area contributed by atoms with Crippen LogP contribution in [0, 0.1) is 0 Å². The molecule has 2 nitrogen and oxygen atoms in total. The van der Waals surface area contributed by atoms with Gasteiger partial charge in [-0.15, -0.1) is 0 Å². The van der Waals surface area contributed by atoms with Gasteiger partial charge in [-0.25, -0.2) is 0 Å². The molecule has 0 radical (unpaired) electrons. The first-order valence-electron chi connectivity index (χ1n) is 7.23. The zero-order valence-electron chi connectivity index (χ0n) is 12.9. The predicted molar refractivity (Wildman–Crippen MR) is 90.6 cm³/mol. The van der Waals surface area contributed by atoms with E-state index in [1.54, 1.807) is 0 Å². The molecule has 0 saturated heterocycles. The molecule has 2 rings (SSSR count). The summed E-state index contributed by atoms with van der Waals surface area (Å²) in [6, 6.07) is 4.18. The summed E-state index contributed by atoms with van der Waals surface area (Å²) in [6.45, 7) is 8.85. The van der Waals surface area contributed by atoms with Crippen LogP contribution in [0.15, 0.2) is 30.0 Å². The fraction of sp³-hybridized carbons (Fsp3) is 0.412. The molecule has 1 aromatic heterocycles. The fourth-order valence-corrected chi connectivity index (χ4v) is 2.32. The summed E-state index contributed by atoms with van der Waals surface area (Å²) < 4.78 is 0. The molecular formula is C17H25ClN2. The molecule has 110 valence electrons. The molecule has 0 aliphatic heterocycles. The smallest absolute Gasteiger partial charge is 0.0460 e. The first kappa shape index (κ1) is 16.8. The second-order valence-electron chi connectivity index (χ2n) is 4.83. The summed E-state index contributed by atoms with van der Waals surface area (Å²) in [5.41, 5.74) is 10.4. The lowest BCUT2D eigenvalue weighted by Crippen LogP contribution is -2.01. The number of allylic oxidation sites excluding steroid dienone is 2. The van der Waals surface area contributed by atoms with Crippen molar-refractivity contribution in [3.8, 4) is 0 Å². The van der Waals surface area contributed by atoms with Gasteiger partial charge < -0.3 is 10.7 Å². The van der Waals surface area contributed by atoms with Crippen LogP contribution >= 0.6 is 11.6 Å². The number of rotatable bonds is 4. The molecule has 0 bridgehead atoms. The van der Waals surface area contributed by atoms with E-state index >= 15 is 0 Å². The summed E-state index contributed by atoms with van der Waals surface area (Å²) in [5, 5.41) is 2.02. The highest BCUT2D eigenvalue weighted by atomic mass is 35.5. The van der Waals surface area contributed by atoms with Crippen LogP contribution in [-0.2, 0) is 12.8 Å². The van der Waals surface area contributed by atoms with Crippen molar-refractivity contribution in [3.05, 3.63) is 46.1 Å². The van der Waals surface area contributed by atoms with E-state index in [0.29, 0.717) is 6.54 Å².